The molecule has 1 aliphatic heterocycles. The highest BCUT2D eigenvalue weighted by Gasteiger charge is 2.34. The number of carbonyl (C=O) groups is 4. The molecule has 2 heterocycles. The summed E-state index contributed by atoms with van der Waals surface area (Å²) >= 11 is 0. The summed E-state index contributed by atoms with van der Waals surface area (Å²) in [6.07, 6.45) is 2.20. The maximum Gasteiger partial charge on any atom is 0.317 e. The molecule has 2 aromatic rings. The van der Waals surface area contributed by atoms with Crippen LogP contribution in [0.5, 0.6) is 5.75 Å². The number of aliphatic carboxylic acids is 1. The lowest BCUT2D eigenvalue weighted by Gasteiger charge is -2.28. The summed E-state index contributed by atoms with van der Waals surface area (Å²) in [7, 11) is 1.55. The number of aromatic amines is 1. The standard InChI is InChI=1S/C29H40N6O6/c1-17(2)12-23(35-29(40)24-14-20-21(33-24)7-4-8-25(20)41-3)28(39)34-22(13-18-9-11-32-27(18)38)19(15-30)6-5-10-31-16-26(36)37/h4,7-8,14,17-19,22-23,31,33H,5-6,9-13,16H2,1-3H3,(H,32,38)(H,34,39)(H,35,40)(H,36,37)/t18-,19?,22-,23-/m0/s1. The summed E-state index contributed by atoms with van der Waals surface area (Å²) in [4.78, 5) is 53.0. The summed E-state index contributed by atoms with van der Waals surface area (Å²) in [6, 6.07) is 7.90. The number of fused-ring (bicyclic) bond motifs is 1. The van der Waals surface area contributed by atoms with Crippen molar-refractivity contribution in [2.45, 2.75) is 58.0 Å². The maximum atomic E-state index is 13.6. The van der Waals surface area contributed by atoms with Crippen LogP contribution in [0, 0.1) is 29.1 Å². The smallest absolute Gasteiger partial charge is 0.317 e. The van der Waals surface area contributed by atoms with Gasteiger partial charge in [0.05, 0.1) is 25.6 Å². The lowest BCUT2D eigenvalue weighted by molar-refractivity contribution is -0.136. The molecule has 6 N–H and O–H groups in total. The minimum absolute atomic E-state index is 0.0833. The van der Waals surface area contributed by atoms with Crippen molar-refractivity contribution in [3.8, 4) is 11.8 Å². The zero-order valence-electron chi connectivity index (χ0n) is 23.8. The summed E-state index contributed by atoms with van der Waals surface area (Å²) in [5.74, 6) is -2.18. The van der Waals surface area contributed by atoms with Gasteiger partial charge in [0.1, 0.15) is 17.5 Å². The fourth-order valence-electron chi connectivity index (χ4n) is 5.15. The highest BCUT2D eigenvalue weighted by atomic mass is 16.5. The van der Waals surface area contributed by atoms with Crippen LogP contribution in [0.1, 0.15) is 56.4 Å². The van der Waals surface area contributed by atoms with E-state index in [1.165, 1.54) is 0 Å². The minimum atomic E-state index is -0.968. The van der Waals surface area contributed by atoms with E-state index < -0.39 is 35.8 Å². The number of benzene rings is 1. The van der Waals surface area contributed by atoms with Gasteiger partial charge < -0.3 is 36.1 Å². The van der Waals surface area contributed by atoms with Crippen molar-refractivity contribution in [1.82, 2.24) is 26.3 Å². The Labute approximate surface area is 239 Å². The molecule has 12 heteroatoms. The van der Waals surface area contributed by atoms with Crippen molar-refractivity contribution in [3.05, 3.63) is 30.0 Å². The fraction of sp³-hybridized carbons (Fsp3) is 0.552. The molecule has 222 valence electrons. The number of carboxylic acid groups (broad SMARTS) is 1. The first kappa shape index (κ1) is 31.4. The molecule has 1 aromatic carbocycles. The molecule has 0 bridgehead atoms. The monoisotopic (exact) mass is 568 g/mol. The van der Waals surface area contributed by atoms with Crippen LogP contribution in [0.3, 0.4) is 0 Å². The van der Waals surface area contributed by atoms with Crippen LogP contribution in [-0.2, 0) is 14.4 Å². The SMILES string of the molecule is COc1cccc2[nH]c(C(=O)N[C@@H](CC(C)C)C(=O)N[C@@H](C[C@@H]3CCNC3=O)C(C#N)CCCNCC(=O)O)cc12. The van der Waals surface area contributed by atoms with Gasteiger partial charge in [-0.1, -0.05) is 19.9 Å². The maximum absolute atomic E-state index is 13.6. The quantitative estimate of drug-likeness (QED) is 0.166. The molecule has 12 nitrogen and oxygen atoms in total. The Hall–Kier alpha value is -4.11. The second-order valence-corrected chi connectivity index (χ2v) is 10.8. The van der Waals surface area contributed by atoms with E-state index in [-0.39, 0.29) is 30.0 Å². The van der Waals surface area contributed by atoms with Gasteiger partial charge in [0.25, 0.3) is 5.91 Å². The largest absolute Gasteiger partial charge is 0.496 e. The molecule has 1 aliphatic rings. The van der Waals surface area contributed by atoms with Crippen LogP contribution in [0.15, 0.2) is 24.3 Å². The van der Waals surface area contributed by atoms with E-state index in [0.717, 1.165) is 10.9 Å². The second kappa shape index (κ2) is 15.0. The third-order valence-electron chi connectivity index (χ3n) is 7.24. The topological polar surface area (TPSA) is 185 Å². The van der Waals surface area contributed by atoms with Gasteiger partial charge >= 0.3 is 5.97 Å². The molecular formula is C29H40N6O6. The van der Waals surface area contributed by atoms with Gasteiger partial charge in [0.15, 0.2) is 0 Å². The first-order chi connectivity index (χ1) is 19.6. The zero-order valence-corrected chi connectivity index (χ0v) is 23.8. The average molecular weight is 569 g/mol. The Morgan fingerprint density at radius 2 is 2.02 bits per heavy atom. The van der Waals surface area contributed by atoms with Gasteiger partial charge in [-0.05, 0) is 62.8 Å². The average Bonchev–Trinajstić information content (AvgIpc) is 3.55. The van der Waals surface area contributed by atoms with Crippen LogP contribution in [0.2, 0.25) is 0 Å². The Morgan fingerprint density at radius 3 is 2.66 bits per heavy atom. The Balaban J connectivity index is 1.75. The van der Waals surface area contributed by atoms with Crippen LogP contribution in [-0.4, -0.2) is 72.6 Å². The number of hydrogen-bond donors (Lipinski definition) is 6. The molecule has 1 unspecified atom stereocenters. The van der Waals surface area contributed by atoms with Crippen molar-refractivity contribution in [2.24, 2.45) is 17.8 Å². The van der Waals surface area contributed by atoms with E-state index in [0.29, 0.717) is 50.9 Å². The molecule has 3 rings (SSSR count). The number of H-pyrrole nitrogens is 1. The van der Waals surface area contributed by atoms with E-state index >= 15 is 0 Å². The normalized spacial score (nSPS) is 17.0. The number of nitriles is 1. The first-order valence-electron chi connectivity index (χ1n) is 14.0. The number of nitrogens with one attached hydrogen (secondary N) is 5. The summed E-state index contributed by atoms with van der Waals surface area (Å²) in [5.41, 5.74) is 1.01. The molecule has 0 saturated carbocycles. The molecule has 0 spiro atoms. The summed E-state index contributed by atoms with van der Waals surface area (Å²) in [6.45, 7) is 4.66. The molecule has 0 aliphatic carbocycles. The van der Waals surface area contributed by atoms with Crippen molar-refractivity contribution in [1.29, 1.82) is 5.26 Å². The molecule has 3 amide bonds. The molecule has 1 saturated heterocycles. The Bertz CT molecular complexity index is 1270. The highest BCUT2D eigenvalue weighted by Crippen LogP contribution is 2.26. The van der Waals surface area contributed by atoms with Crippen LogP contribution in [0.25, 0.3) is 10.9 Å². The number of carbonyl (C=O) groups excluding carboxylic acids is 3. The van der Waals surface area contributed by atoms with Crippen LogP contribution < -0.4 is 26.0 Å². The van der Waals surface area contributed by atoms with Gasteiger partial charge in [-0.3, -0.25) is 19.2 Å². The first-order valence-corrected chi connectivity index (χ1v) is 14.0. The lowest BCUT2D eigenvalue weighted by atomic mass is 9.87. The zero-order chi connectivity index (χ0) is 29.9. The van der Waals surface area contributed by atoms with Gasteiger partial charge in [-0.2, -0.15) is 5.26 Å². The highest BCUT2D eigenvalue weighted by molar-refractivity contribution is 6.01. The Morgan fingerprint density at radius 1 is 1.24 bits per heavy atom. The molecule has 0 radical (unpaired) electrons. The molecular weight excluding hydrogens is 528 g/mol. The van der Waals surface area contributed by atoms with Gasteiger partial charge in [-0.15, -0.1) is 0 Å². The van der Waals surface area contributed by atoms with Gasteiger partial charge in [0, 0.05) is 29.4 Å². The number of methoxy groups -OCH3 is 1. The van der Waals surface area contributed by atoms with E-state index in [1.54, 1.807) is 19.2 Å². The van der Waals surface area contributed by atoms with E-state index in [4.69, 9.17) is 9.84 Å². The third-order valence-corrected chi connectivity index (χ3v) is 7.24. The Kier molecular flexibility index (Phi) is 11.5. The van der Waals surface area contributed by atoms with Crippen molar-refractivity contribution in [2.75, 3.05) is 26.7 Å². The number of aromatic nitrogens is 1. The number of carboxylic acids is 1. The van der Waals surface area contributed by atoms with Crippen molar-refractivity contribution in [3.63, 3.8) is 0 Å². The van der Waals surface area contributed by atoms with Gasteiger partial charge in [-0.25, -0.2) is 0 Å². The summed E-state index contributed by atoms with van der Waals surface area (Å²) in [5, 5.41) is 31.0. The number of rotatable bonds is 16. The van der Waals surface area contributed by atoms with Gasteiger partial charge in [0.2, 0.25) is 11.8 Å². The molecule has 1 fully saturated rings. The molecule has 4 atom stereocenters. The second-order valence-electron chi connectivity index (χ2n) is 10.8. The third kappa shape index (κ3) is 8.94. The summed E-state index contributed by atoms with van der Waals surface area (Å²) < 4.78 is 5.38. The number of ether oxygens (including phenoxy) is 1. The molecule has 41 heavy (non-hydrogen) atoms. The van der Waals surface area contributed by atoms with Crippen LogP contribution in [0.4, 0.5) is 0 Å². The number of hydrogen-bond acceptors (Lipinski definition) is 7. The predicted octanol–water partition coefficient (Wildman–Crippen LogP) is 1.93. The molecule has 1 aromatic heterocycles. The van der Waals surface area contributed by atoms with Crippen molar-refractivity contribution < 1.29 is 29.0 Å². The lowest BCUT2D eigenvalue weighted by Crippen LogP contribution is -2.52. The fourth-order valence-corrected chi connectivity index (χ4v) is 5.15. The minimum Gasteiger partial charge on any atom is -0.496 e. The van der Waals surface area contributed by atoms with E-state index in [9.17, 15) is 24.4 Å². The number of amides is 3. The van der Waals surface area contributed by atoms with E-state index in [1.807, 2.05) is 26.0 Å². The van der Waals surface area contributed by atoms with Crippen molar-refractivity contribution >= 4 is 34.6 Å². The van der Waals surface area contributed by atoms with Crippen LogP contribution >= 0.6 is 0 Å². The van der Waals surface area contributed by atoms with E-state index in [2.05, 4.69) is 32.3 Å². The number of nitrogens with zero attached hydrogens (tertiary/aromatic N) is 1. The predicted molar refractivity (Wildman–Crippen MR) is 152 cm³/mol.